The predicted octanol–water partition coefficient (Wildman–Crippen LogP) is -0.268. The maximum Gasteiger partial charge on any atom is 0.357 e. The van der Waals surface area contributed by atoms with Crippen LogP contribution < -0.4 is 0 Å². The molecule has 0 N–H and O–H groups in total. The van der Waals surface area contributed by atoms with E-state index >= 15 is 0 Å². The molecule has 0 aromatic carbocycles. The van der Waals surface area contributed by atoms with E-state index in [9.17, 15) is 36.1 Å². The summed E-state index contributed by atoms with van der Waals surface area (Å²) in [5.74, 6) is -3.56. The van der Waals surface area contributed by atoms with E-state index in [1.165, 1.54) is 6.92 Å². The Balaban J connectivity index is 1.59. The smallest absolute Gasteiger partial charge is 0.357 e. The van der Waals surface area contributed by atoms with E-state index in [2.05, 4.69) is 11.3 Å². The third-order valence-electron chi connectivity index (χ3n) is 5.22. The van der Waals surface area contributed by atoms with Gasteiger partial charge in [0.2, 0.25) is 0 Å². The lowest BCUT2D eigenvalue weighted by molar-refractivity contribution is -0.164. The van der Waals surface area contributed by atoms with E-state index in [4.69, 9.17) is 14.2 Å². The molecule has 0 amide bonds. The predicted molar refractivity (Wildman–Crippen MR) is 85.0 cm³/mol. The molecule has 0 spiro atoms. The zero-order valence-electron chi connectivity index (χ0n) is 15.0. The zero-order valence-corrected chi connectivity index (χ0v) is 15.9. The highest BCUT2D eigenvalue weighted by Gasteiger charge is 2.69. The number of alkyl halides is 2. The number of carbonyl (C=O) groups excluding carboxylic acids is 3. The summed E-state index contributed by atoms with van der Waals surface area (Å²) in [4.78, 5) is 35.6. The lowest BCUT2D eigenvalue weighted by atomic mass is 9.85. The van der Waals surface area contributed by atoms with Crippen molar-refractivity contribution >= 4 is 28.0 Å². The highest BCUT2D eigenvalue weighted by Crippen LogP contribution is 2.56. The number of rotatable bonds is 8. The number of halogens is 2. The van der Waals surface area contributed by atoms with Gasteiger partial charge in [-0.25, -0.2) is 13.2 Å². The SMILES string of the molecule is C=C(COCC(F)(F)S(=O)(=O)[O-])C(=O)OC1C2CC3C1OC(=O)C3C2OC(C)=O. The molecule has 13 heteroatoms. The number of ether oxygens (including phenoxy) is 4. The van der Waals surface area contributed by atoms with Crippen LogP contribution in [0, 0.1) is 17.8 Å². The van der Waals surface area contributed by atoms with Gasteiger partial charge in [0.1, 0.15) is 30.8 Å². The van der Waals surface area contributed by atoms with Gasteiger partial charge in [-0.3, -0.25) is 9.59 Å². The maximum absolute atomic E-state index is 13.0. The van der Waals surface area contributed by atoms with Gasteiger partial charge in [0.15, 0.2) is 10.1 Å². The lowest BCUT2D eigenvalue weighted by Gasteiger charge is -2.31. The molecule has 3 aliphatic rings. The first-order valence-corrected chi connectivity index (χ1v) is 9.92. The van der Waals surface area contributed by atoms with Gasteiger partial charge in [-0.05, 0) is 6.42 Å². The first-order chi connectivity index (χ1) is 13.3. The van der Waals surface area contributed by atoms with Gasteiger partial charge in [-0.15, -0.1) is 0 Å². The molecule has 0 aromatic rings. The lowest BCUT2D eigenvalue weighted by Crippen LogP contribution is -2.45. The molecule has 3 fully saturated rings. The minimum Gasteiger partial charge on any atom is -0.743 e. The van der Waals surface area contributed by atoms with Gasteiger partial charge < -0.3 is 23.5 Å². The number of carbonyl (C=O) groups is 3. The van der Waals surface area contributed by atoms with Crippen molar-refractivity contribution in [1.29, 1.82) is 0 Å². The molecule has 10 nitrogen and oxygen atoms in total. The van der Waals surface area contributed by atoms with Gasteiger partial charge in [-0.2, -0.15) is 8.78 Å². The molecule has 2 bridgehead atoms. The second-order valence-electron chi connectivity index (χ2n) is 7.12. The molecule has 6 atom stereocenters. The van der Waals surface area contributed by atoms with E-state index < -0.39 is 82.2 Å². The fourth-order valence-electron chi connectivity index (χ4n) is 4.07. The van der Waals surface area contributed by atoms with Crippen molar-refractivity contribution in [3.8, 4) is 0 Å². The normalized spacial score (nSPS) is 32.8. The summed E-state index contributed by atoms with van der Waals surface area (Å²) in [7, 11) is -5.92. The Morgan fingerprint density at radius 3 is 2.52 bits per heavy atom. The summed E-state index contributed by atoms with van der Waals surface area (Å²) in [6.07, 6.45) is -1.99. The number of hydrogen-bond acceptors (Lipinski definition) is 10. The summed E-state index contributed by atoms with van der Waals surface area (Å²) in [6, 6.07) is 0. The van der Waals surface area contributed by atoms with Crippen LogP contribution >= 0.6 is 0 Å². The van der Waals surface area contributed by atoms with Crippen LogP contribution in [-0.4, -0.2) is 67.7 Å². The van der Waals surface area contributed by atoms with Crippen LogP contribution in [0.5, 0.6) is 0 Å². The van der Waals surface area contributed by atoms with Crippen LogP contribution in [0.3, 0.4) is 0 Å². The monoisotopic (exact) mass is 439 g/mol. The Hall–Kier alpha value is -2.12. The third-order valence-corrected chi connectivity index (χ3v) is 6.07. The number of esters is 3. The topological polar surface area (TPSA) is 145 Å². The summed E-state index contributed by atoms with van der Waals surface area (Å²) >= 11 is 0. The van der Waals surface area contributed by atoms with Gasteiger partial charge in [-0.1, -0.05) is 6.58 Å². The second kappa shape index (κ2) is 7.29. The average molecular weight is 439 g/mol. The highest BCUT2D eigenvalue weighted by molar-refractivity contribution is 7.86. The van der Waals surface area contributed by atoms with Crippen molar-refractivity contribution in [3.05, 3.63) is 12.2 Å². The Bertz CT molecular complexity index is 854. The standard InChI is InChI=1S/C16H18F2O10S/c1-6(4-25-5-16(17,18)29(22,23)24)14(20)27-13-9-3-8-10(11(9)26-7(2)19)15(21)28-12(8)13/h8-13H,1,3-5H2,2H3,(H,22,23,24)/p-1. The van der Waals surface area contributed by atoms with Crippen LogP contribution in [0.15, 0.2) is 12.2 Å². The fourth-order valence-corrected chi connectivity index (χ4v) is 4.29. The van der Waals surface area contributed by atoms with Crippen molar-refractivity contribution in [2.75, 3.05) is 13.2 Å². The molecule has 2 saturated carbocycles. The zero-order chi connectivity index (χ0) is 21.7. The Morgan fingerprint density at radius 2 is 1.93 bits per heavy atom. The van der Waals surface area contributed by atoms with Crippen molar-refractivity contribution in [2.24, 2.45) is 17.8 Å². The van der Waals surface area contributed by atoms with Gasteiger partial charge in [0.25, 0.3) is 0 Å². The maximum atomic E-state index is 13.0. The van der Waals surface area contributed by atoms with Gasteiger partial charge >= 0.3 is 23.2 Å². The van der Waals surface area contributed by atoms with Gasteiger partial charge in [0.05, 0.1) is 12.2 Å². The summed E-state index contributed by atoms with van der Waals surface area (Å²) in [5.41, 5.74) is -0.420. The number of hydrogen-bond donors (Lipinski definition) is 0. The molecule has 0 radical (unpaired) electrons. The van der Waals surface area contributed by atoms with Gasteiger partial charge in [0, 0.05) is 18.8 Å². The molecule has 1 saturated heterocycles. The molecule has 0 aromatic heterocycles. The Morgan fingerprint density at radius 1 is 1.28 bits per heavy atom. The van der Waals surface area contributed by atoms with E-state index in [0.717, 1.165) is 0 Å². The van der Waals surface area contributed by atoms with Crippen molar-refractivity contribution in [1.82, 2.24) is 0 Å². The fraction of sp³-hybridized carbons (Fsp3) is 0.688. The van der Waals surface area contributed by atoms with Crippen LogP contribution in [0.2, 0.25) is 0 Å². The quantitative estimate of drug-likeness (QED) is 0.214. The van der Waals surface area contributed by atoms with E-state index in [1.54, 1.807) is 0 Å². The molecule has 2 aliphatic carbocycles. The molecule has 29 heavy (non-hydrogen) atoms. The molecule has 1 heterocycles. The van der Waals surface area contributed by atoms with Crippen LogP contribution in [0.25, 0.3) is 0 Å². The van der Waals surface area contributed by atoms with Crippen LogP contribution in [0.1, 0.15) is 13.3 Å². The molecule has 162 valence electrons. The minimum absolute atomic E-state index is 0.278. The Kier molecular flexibility index (Phi) is 5.43. The Labute approximate surface area is 163 Å². The summed E-state index contributed by atoms with van der Waals surface area (Å²) in [6.45, 7) is 1.93. The van der Waals surface area contributed by atoms with Crippen molar-refractivity contribution in [3.63, 3.8) is 0 Å². The van der Waals surface area contributed by atoms with Crippen molar-refractivity contribution < 1.29 is 55.1 Å². The van der Waals surface area contributed by atoms with E-state index in [1.807, 2.05) is 0 Å². The van der Waals surface area contributed by atoms with Crippen LogP contribution in [0.4, 0.5) is 8.78 Å². The minimum atomic E-state index is -5.92. The van der Waals surface area contributed by atoms with E-state index in [0.29, 0.717) is 6.42 Å². The van der Waals surface area contributed by atoms with Crippen LogP contribution in [-0.2, 0) is 43.4 Å². The average Bonchev–Trinajstić information content (AvgIpc) is 3.17. The largest absolute Gasteiger partial charge is 0.743 e. The first-order valence-electron chi connectivity index (χ1n) is 8.51. The first kappa shape index (κ1) is 21.6. The molecule has 6 unspecified atom stereocenters. The summed E-state index contributed by atoms with van der Waals surface area (Å²) < 4.78 is 77.4. The second-order valence-corrected chi connectivity index (χ2v) is 8.63. The highest BCUT2D eigenvalue weighted by atomic mass is 32.2. The van der Waals surface area contributed by atoms with E-state index in [-0.39, 0.29) is 5.92 Å². The third kappa shape index (κ3) is 3.85. The molecule has 1 aliphatic heterocycles. The number of fused-ring (bicyclic) bond motifs is 1. The molecule has 3 rings (SSSR count). The molecular weight excluding hydrogens is 422 g/mol. The molecular formula is C16H17F2O10S-. The van der Waals surface area contributed by atoms with Crippen molar-refractivity contribution in [2.45, 2.75) is 36.9 Å². The summed E-state index contributed by atoms with van der Waals surface area (Å²) in [5, 5.41) is -4.66.